The predicted molar refractivity (Wildman–Crippen MR) is 96.1 cm³/mol. The number of aromatic nitrogens is 1. The van der Waals surface area contributed by atoms with Gasteiger partial charge in [0, 0.05) is 17.0 Å². The van der Waals surface area contributed by atoms with E-state index in [1.165, 1.54) is 29.7 Å². The molecular formula is C14H13BrN4O5S. The van der Waals surface area contributed by atoms with Crippen molar-refractivity contribution in [2.24, 2.45) is 5.10 Å². The zero-order chi connectivity index (χ0) is 18.4. The number of hydrogen-bond acceptors (Lipinski definition) is 9. The van der Waals surface area contributed by atoms with Crippen LogP contribution in [0, 0.1) is 10.1 Å². The van der Waals surface area contributed by atoms with Crippen LogP contribution in [0.5, 0.6) is 5.75 Å². The van der Waals surface area contributed by atoms with Crippen molar-refractivity contribution in [2.75, 3.05) is 12.0 Å². The number of halogens is 1. The van der Waals surface area contributed by atoms with Gasteiger partial charge in [-0.1, -0.05) is 0 Å². The fourth-order valence-corrected chi connectivity index (χ4v) is 2.91. The molecule has 2 rings (SSSR count). The first-order valence-corrected chi connectivity index (χ1v) is 8.64. The van der Waals surface area contributed by atoms with Crippen LogP contribution < -0.4 is 5.43 Å². The second-order valence-corrected chi connectivity index (χ2v) is 6.34. The molecule has 0 bridgehead atoms. The number of nitro groups is 1. The Balaban J connectivity index is 2.03. The molecule has 11 heteroatoms. The average Bonchev–Trinajstić information content (AvgIpc) is 2.97. The number of hydrogen-bond donors (Lipinski definition) is 2. The number of hydrazone groups is 1. The van der Waals surface area contributed by atoms with E-state index in [0.29, 0.717) is 23.0 Å². The number of thiazole rings is 1. The molecule has 132 valence electrons. The molecule has 0 radical (unpaired) electrons. The van der Waals surface area contributed by atoms with Crippen LogP contribution >= 0.6 is 27.3 Å². The number of carbonyl (C=O) groups excluding carboxylic acids is 1. The SMILES string of the molecule is CCOC(=O)Cc1csc(NN=Cc2cc(Br)c(O)c([N+](=O)[O-])c2)n1. The van der Waals surface area contributed by atoms with Gasteiger partial charge in [-0.2, -0.15) is 5.10 Å². The topological polar surface area (TPSA) is 127 Å². The third kappa shape index (κ3) is 5.22. The number of rotatable bonds is 7. The Bertz CT molecular complexity index is 824. The van der Waals surface area contributed by atoms with Crippen molar-refractivity contribution < 1.29 is 19.6 Å². The second-order valence-electron chi connectivity index (χ2n) is 4.62. The Morgan fingerprint density at radius 3 is 3.04 bits per heavy atom. The predicted octanol–water partition coefficient (Wildman–Crippen LogP) is 3.07. The molecule has 0 amide bonds. The van der Waals surface area contributed by atoms with Gasteiger partial charge >= 0.3 is 11.7 Å². The molecule has 1 aromatic carbocycles. The lowest BCUT2D eigenvalue weighted by molar-refractivity contribution is -0.386. The third-order valence-electron chi connectivity index (χ3n) is 2.82. The maximum Gasteiger partial charge on any atom is 0.312 e. The number of anilines is 1. The van der Waals surface area contributed by atoms with Crippen molar-refractivity contribution in [1.82, 2.24) is 4.98 Å². The molecule has 0 aliphatic rings. The van der Waals surface area contributed by atoms with E-state index in [2.05, 4.69) is 31.4 Å². The highest BCUT2D eigenvalue weighted by molar-refractivity contribution is 9.10. The van der Waals surface area contributed by atoms with E-state index in [-0.39, 0.29) is 16.9 Å². The molecule has 25 heavy (non-hydrogen) atoms. The number of phenolic OH excluding ortho intramolecular Hbond substituents is 1. The van der Waals surface area contributed by atoms with Gasteiger partial charge in [0.2, 0.25) is 10.9 Å². The minimum absolute atomic E-state index is 0.0762. The monoisotopic (exact) mass is 428 g/mol. The highest BCUT2D eigenvalue weighted by Gasteiger charge is 2.17. The summed E-state index contributed by atoms with van der Waals surface area (Å²) in [4.78, 5) is 25.7. The van der Waals surface area contributed by atoms with E-state index in [4.69, 9.17) is 4.74 Å². The van der Waals surface area contributed by atoms with Crippen LogP contribution in [0.3, 0.4) is 0 Å². The number of nitrogens with one attached hydrogen (secondary N) is 1. The van der Waals surface area contributed by atoms with E-state index in [9.17, 15) is 20.0 Å². The van der Waals surface area contributed by atoms with Gasteiger partial charge in [-0.3, -0.25) is 20.3 Å². The summed E-state index contributed by atoms with van der Waals surface area (Å²) in [6, 6.07) is 2.68. The summed E-state index contributed by atoms with van der Waals surface area (Å²) in [7, 11) is 0. The van der Waals surface area contributed by atoms with Crippen LogP contribution in [-0.2, 0) is 16.0 Å². The van der Waals surface area contributed by atoms with Gasteiger partial charge in [-0.15, -0.1) is 11.3 Å². The molecule has 1 aromatic heterocycles. The van der Waals surface area contributed by atoms with E-state index in [1.54, 1.807) is 12.3 Å². The lowest BCUT2D eigenvalue weighted by Gasteiger charge is -2.01. The number of aromatic hydroxyl groups is 1. The minimum Gasteiger partial charge on any atom is -0.501 e. The number of phenols is 1. The Morgan fingerprint density at radius 2 is 2.36 bits per heavy atom. The molecule has 0 fully saturated rings. The molecular weight excluding hydrogens is 416 g/mol. The summed E-state index contributed by atoms with van der Waals surface area (Å²) in [5.74, 6) is -0.803. The smallest absolute Gasteiger partial charge is 0.312 e. The van der Waals surface area contributed by atoms with Gasteiger partial charge in [0.25, 0.3) is 0 Å². The molecule has 0 saturated heterocycles. The van der Waals surface area contributed by atoms with E-state index in [1.807, 2.05) is 0 Å². The summed E-state index contributed by atoms with van der Waals surface area (Å²) in [6.07, 6.45) is 1.43. The maximum absolute atomic E-state index is 11.4. The molecule has 0 aliphatic heterocycles. The van der Waals surface area contributed by atoms with E-state index in [0.717, 1.165) is 0 Å². The maximum atomic E-state index is 11.4. The van der Waals surface area contributed by atoms with Gasteiger partial charge in [-0.25, -0.2) is 4.98 Å². The number of nitrogens with zero attached hydrogens (tertiary/aromatic N) is 3. The van der Waals surface area contributed by atoms with Gasteiger partial charge in [0.15, 0.2) is 0 Å². The van der Waals surface area contributed by atoms with Crippen molar-refractivity contribution >= 4 is 50.3 Å². The lowest BCUT2D eigenvalue weighted by Crippen LogP contribution is -2.07. The largest absolute Gasteiger partial charge is 0.501 e. The summed E-state index contributed by atoms with van der Waals surface area (Å²) in [5, 5.41) is 26.6. The van der Waals surface area contributed by atoms with Crippen molar-refractivity contribution in [3.05, 3.63) is 43.4 Å². The van der Waals surface area contributed by atoms with Crippen LogP contribution in [0.1, 0.15) is 18.2 Å². The molecule has 2 aromatic rings. The molecule has 0 unspecified atom stereocenters. The first kappa shape index (κ1) is 18.8. The fourth-order valence-electron chi connectivity index (χ4n) is 1.78. The van der Waals surface area contributed by atoms with Crippen molar-refractivity contribution in [2.45, 2.75) is 13.3 Å². The molecule has 0 atom stereocenters. The molecule has 0 spiro atoms. The first-order chi connectivity index (χ1) is 11.9. The molecule has 1 heterocycles. The van der Waals surface area contributed by atoms with Crippen molar-refractivity contribution in [3.8, 4) is 5.75 Å². The zero-order valence-electron chi connectivity index (χ0n) is 12.9. The summed E-state index contributed by atoms with van der Waals surface area (Å²) in [6.45, 7) is 2.04. The van der Waals surface area contributed by atoms with Crippen LogP contribution in [0.15, 0.2) is 27.1 Å². The summed E-state index contributed by atoms with van der Waals surface area (Å²) in [5.41, 5.74) is 3.22. The van der Waals surface area contributed by atoms with E-state index < -0.39 is 16.4 Å². The first-order valence-electron chi connectivity index (χ1n) is 6.96. The number of ether oxygens (including phenoxy) is 1. The Kier molecular flexibility index (Phi) is 6.42. The normalized spacial score (nSPS) is 10.8. The lowest BCUT2D eigenvalue weighted by atomic mass is 10.2. The Morgan fingerprint density at radius 1 is 1.60 bits per heavy atom. The summed E-state index contributed by atoms with van der Waals surface area (Å²) >= 11 is 4.31. The van der Waals surface area contributed by atoms with Crippen molar-refractivity contribution in [3.63, 3.8) is 0 Å². The number of carbonyl (C=O) groups is 1. The van der Waals surface area contributed by atoms with Gasteiger partial charge in [-0.05, 0) is 28.9 Å². The third-order valence-corrected chi connectivity index (χ3v) is 4.22. The Labute approximate surface area is 154 Å². The van der Waals surface area contributed by atoms with Gasteiger partial charge in [0.1, 0.15) is 0 Å². The zero-order valence-corrected chi connectivity index (χ0v) is 15.3. The van der Waals surface area contributed by atoms with Gasteiger partial charge in [0.05, 0.1) is 34.3 Å². The second kappa shape index (κ2) is 8.53. The standard InChI is InChI=1S/C14H13BrN4O5S/c1-2-24-12(20)5-9-7-25-14(17-9)18-16-6-8-3-10(15)13(21)11(4-8)19(22)23/h3-4,6-7,21H,2,5H2,1H3,(H,17,18). The molecule has 9 nitrogen and oxygen atoms in total. The van der Waals surface area contributed by atoms with Crippen LogP contribution in [0.4, 0.5) is 10.8 Å². The van der Waals surface area contributed by atoms with Crippen LogP contribution in [0.25, 0.3) is 0 Å². The number of esters is 1. The minimum atomic E-state index is -0.687. The average molecular weight is 429 g/mol. The number of benzene rings is 1. The van der Waals surface area contributed by atoms with E-state index >= 15 is 0 Å². The highest BCUT2D eigenvalue weighted by atomic mass is 79.9. The van der Waals surface area contributed by atoms with Crippen molar-refractivity contribution in [1.29, 1.82) is 0 Å². The summed E-state index contributed by atoms with van der Waals surface area (Å²) < 4.78 is 5.03. The molecule has 0 saturated carbocycles. The van der Waals surface area contributed by atoms with Crippen LogP contribution in [-0.4, -0.2) is 33.8 Å². The van der Waals surface area contributed by atoms with Crippen LogP contribution in [0.2, 0.25) is 0 Å². The number of nitro benzene ring substituents is 1. The quantitative estimate of drug-likeness (QED) is 0.300. The van der Waals surface area contributed by atoms with Gasteiger partial charge < -0.3 is 9.84 Å². The Hall–Kier alpha value is -2.53. The highest BCUT2D eigenvalue weighted by Crippen LogP contribution is 2.34. The fraction of sp³-hybridized carbons (Fsp3) is 0.214. The molecule has 2 N–H and O–H groups in total. The molecule has 0 aliphatic carbocycles.